The van der Waals surface area contributed by atoms with Crippen LogP contribution in [0.15, 0.2) is 36.4 Å². The van der Waals surface area contributed by atoms with Crippen molar-refractivity contribution in [3.05, 3.63) is 57.8 Å². The van der Waals surface area contributed by atoms with Crippen molar-refractivity contribution in [1.29, 1.82) is 0 Å². The fourth-order valence-electron chi connectivity index (χ4n) is 1.85. The monoisotopic (exact) mass is 343 g/mol. The maximum atomic E-state index is 13.1. The van der Waals surface area contributed by atoms with Crippen molar-refractivity contribution >= 4 is 34.8 Å². The van der Waals surface area contributed by atoms with Gasteiger partial charge >= 0.3 is 0 Å². The number of benzene rings is 2. The number of hydrogen-bond acceptors (Lipinski definition) is 3. The molecular formula is C15H12Cl2FNO3. The van der Waals surface area contributed by atoms with Gasteiger partial charge in [-0.25, -0.2) is 4.39 Å². The molecule has 0 saturated carbocycles. The molecule has 2 aromatic carbocycles. The number of carbonyl (C=O) groups is 1. The van der Waals surface area contributed by atoms with E-state index in [0.29, 0.717) is 10.0 Å². The second kappa shape index (κ2) is 6.96. The zero-order valence-electron chi connectivity index (χ0n) is 11.4. The molecule has 0 fully saturated rings. The van der Waals surface area contributed by atoms with E-state index in [1.54, 1.807) is 0 Å². The third-order valence-electron chi connectivity index (χ3n) is 2.87. The Morgan fingerprint density at radius 2 is 1.86 bits per heavy atom. The highest BCUT2D eigenvalue weighted by atomic mass is 35.5. The summed E-state index contributed by atoms with van der Waals surface area (Å²) < 4.78 is 18.1. The lowest BCUT2D eigenvalue weighted by atomic mass is 10.1. The molecule has 0 aliphatic heterocycles. The van der Waals surface area contributed by atoms with E-state index in [2.05, 4.69) is 5.32 Å². The predicted octanol–water partition coefficient (Wildman–Crippen LogP) is 3.81. The van der Waals surface area contributed by atoms with Gasteiger partial charge in [-0.15, -0.1) is 0 Å². The molecule has 0 bridgehead atoms. The standard InChI is InChI=1S/C15H12Cl2FNO3/c1-22-13-7-11(18)2-3-12(13)19-15(21)14(20)8-4-9(16)6-10(17)5-8/h2-7,14,20H,1H3,(H,19,21). The van der Waals surface area contributed by atoms with Gasteiger partial charge in [0.15, 0.2) is 6.10 Å². The van der Waals surface area contributed by atoms with Crippen LogP contribution in [0.4, 0.5) is 10.1 Å². The number of amides is 1. The van der Waals surface area contributed by atoms with Crippen LogP contribution in [0, 0.1) is 5.82 Å². The van der Waals surface area contributed by atoms with Gasteiger partial charge in [0.2, 0.25) is 0 Å². The number of ether oxygens (including phenoxy) is 1. The van der Waals surface area contributed by atoms with Gasteiger partial charge in [0, 0.05) is 16.1 Å². The maximum absolute atomic E-state index is 13.1. The van der Waals surface area contributed by atoms with Crippen LogP contribution in [0.3, 0.4) is 0 Å². The van der Waals surface area contributed by atoms with E-state index in [1.165, 1.54) is 37.4 Å². The van der Waals surface area contributed by atoms with Crippen molar-refractivity contribution in [2.45, 2.75) is 6.10 Å². The molecule has 1 atom stereocenters. The Morgan fingerprint density at radius 3 is 2.45 bits per heavy atom. The van der Waals surface area contributed by atoms with Crippen molar-refractivity contribution in [3.63, 3.8) is 0 Å². The fourth-order valence-corrected chi connectivity index (χ4v) is 2.40. The molecule has 0 aliphatic carbocycles. The van der Waals surface area contributed by atoms with Crippen molar-refractivity contribution in [2.24, 2.45) is 0 Å². The number of rotatable bonds is 4. The first-order valence-corrected chi connectivity index (χ1v) is 6.95. The molecule has 0 aliphatic rings. The Bertz CT molecular complexity index is 689. The van der Waals surface area contributed by atoms with Gasteiger partial charge in [-0.05, 0) is 35.9 Å². The molecule has 4 nitrogen and oxygen atoms in total. The summed E-state index contributed by atoms with van der Waals surface area (Å²) >= 11 is 11.7. The highest BCUT2D eigenvalue weighted by Gasteiger charge is 2.20. The van der Waals surface area contributed by atoms with E-state index >= 15 is 0 Å². The first-order valence-electron chi connectivity index (χ1n) is 6.19. The minimum Gasteiger partial charge on any atom is -0.494 e. The molecule has 0 aromatic heterocycles. The van der Waals surface area contributed by atoms with Crippen LogP contribution >= 0.6 is 23.2 Å². The molecule has 0 heterocycles. The Morgan fingerprint density at radius 1 is 1.23 bits per heavy atom. The summed E-state index contributed by atoms with van der Waals surface area (Å²) in [6.45, 7) is 0. The zero-order valence-corrected chi connectivity index (χ0v) is 13.0. The van der Waals surface area contributed by atoms with E-state index in [4.69, 9.17) is 27.9 Å². The quantitative estimate of drug-likeness (QED) is 0.887. The maximum Gasteiger partial charge on any atom is 0.257 e. The first-order chi connectivity index (χ1) is 10.4. The Labute approximate surface area is 136 Å². The molecule has 22 heavy (non-hydrogen) atoms. The Hall–Kier alpha value is -1.82. The lowest BCUT2D eigenvalue weighted by Gasteiger charge is -2.14. The van der Waals surface area contributed by atoms with Crippen LogP contribution in [0.1, 0.15) is 11.7 Å². The van der Waals surface area contributed by atoms with E-state index < -0.39 is 17.8 Å². The summed E-state index contributed by atoms with van der Waals surface area (Å²) in [5.41, 5.74) is 0.483. The van der Waals surface area contributed by atoms with Crippen molar-refractivity contribution in [2.75, 3.05) is 12.4 Å². The summed E-state index contributed by atoms with van der Waals surface area (Å²) in [6.07, 6.45) is -1.48. The number of nitrogens with one attached hydrogen (secondary N) is 1. The Balaban J connectivity index is 2.21. The van der Waals surface area contributed by atoms with Crippen LogP contribution in [-0.2, 0) is 4.79 Å². The van der Waals surface area contributed by atoms with E-state index in [-0.39, 0.29) is 17.0 Å². The molecule has 7 heteroatoms. The smallest absolute Gasteiger partial charge is 0.257 e. The van der Waals surface area contributed by atoms with Crippen LogP contribution < -0.4 is 10.1 Å². The topological polar surface area (TPSA) is 58.6 Å². The molecule has 1 unspecified atom stereocenters. The van der Waals surface area contributed by atoms with E-state index in [1.807, 2.05) is 0 Å². The number of aliphatic hydroxyl groups is 1. The van der Waals surface area contributed by atoms with Gasteiger partial charge < -0.3 is 15.2 Å². The predicted molar refractivity (Wildman–Crippen MR) is 83.0 cm³/mol. The van der Waals surface area contributed by atoms with Gasteiger partial charge in [-0.3, -0.25) is 4.79 Å². The summed E-state index contributed by atoms with van der Waals surface area (Å²) in [6, 6.07) is 7.97. The summed E-state index contributed by atoms with van der Waals surface area (Å²) in [5.74, 6) is -1.08. The van der Waals surface area contributed by atoms with Crippen LogP contribution in [0.2, 0.25) is 10.0 Å². The SMILES string of the molecule is COc1cc(F)ccc1NC(=O)C(O)c1cc(Cl)cc(Cl)c1. The summed E-state index contributed by atoms with van der Waals surface area (Å²) in [4.78, 5) is 12.1. The molecule has 0 spiro atoms. The molecule has 116 valence electrons. The lowest BCUT2D eigenvalue weighted by molar-refractivity contribution is -0.124. The zero-order chi connectivity index (χ0) is 16.3. The van der Waals surface area contributed by atoms with E-state index in [9.17, 15) is 14.3 Å². The number of carbonyl (C=O) groups excluding carboxylic acids is 1. The highest BCUT2D eigenvalue weighted by Crippen LogP contribution is 2.28. The highest BCUT2D eigenvalue weighted by molar-refractivity contribution is 6.34. The van der Waals surface area contributed by atoms with Crippen LogP contribution in [-0.4, -0.2) is 18.1 Å². The number of halogens is 3. The number of anilines is 1. The number of hydrogen-bond donors (Lipinski definition) is 2. The van der Waals surface area contributed by atoms with Gasteiger partial charge in [0.05, 0.1) is 12.8 Å². The summed E-state index contributed by atoms with van der Waals surface area (Å²) in [7, 11) is 1.34. The third-order valence-corrected chi connectivity index (χ3v) is 3.31. The molecule has 2 N–H and O–H groups in total. The van der Waals surface area contributed by atoms with Gasteiger partial charge in [-0.1, -0.05) is 23.2 Å². The second-order valence-electron chi connectivity index (χ2n) is 4.44. The minimum absolute atomic E-state index is 0.143. The average molecular weight is 344 g/mol. The fraction of sp³-hybridized carbons (Fsp3) is 0.133. The number of aliphatic hydroxyl groups excluding tert-OH is 1. The molecule has 2 aromatic rings. The number of methoxy groups -OCH3 is 1. The molecule has 1 amide bonds. The lowest BCUT2D eigenvalue weighted by Crippen LogP contribution is -2.21. The van der Waals surface area contributed by atoms with Crippen LogP contribution in [0.25, 0.3) is 0 Å². The van der Waals surface area contributed by atoms with E-state index in [0.717, 1.165) is 6.07 Å². The molecule has 2 rings (SSSR count). The van der Waals surface area contributed by atoms with Crippen molar-refractivity contribution in [1.82, 2.24) is 0 Å². The normalized spacial score (nSPS) is 11.9. The minimum atomic E-state index is -1.48. The largest absolute Gasteiger partial charge is 0.494 e. The van der Waals surface area contributed by atoms with Crippen LogP contribution in [0.5, 0.6) is 5.75 Å². The average Bonchev–Trinajstić information content (AvgIpc) is 2.47. The first kappa shape index (κ1) is 16.5. The Kier molecular flexibility index (Phi) is 5.24. The molecule has 0 saturated heterocycles. The third kappa shape index (κ3) is 3.88. The second-order valence-corrected chi connectivity index (χ2v) is 5.31. The van der Waals surface area contributed by atoms with Gasteiger partial charge in [0.25, 0.3) is 5.91 Å². The van der Waals surface area contributed by atoms with Crippen molar-refractivity contribution < 1.29 is 19.0 Å². The molecule has 0 radical (unpaired) electrons. The molecular weight excluding hydrogens is 332 g/mol. The van der Waals surface area contributed by atoms with Gasteiger partial charge in [-0.2, -0.15) is 0 Å². The van der Waals surface area contributed by atoms with Crippen molar-refractivity contribution in [3.8, 4) is 5.75 Å². The summed E-state index contributed by atoms with van der Waals surface area (Å²) in [5, 5.41) is 13.1. The van der Waals surface area contributed by atoms with Gasteiger partial charge in [0.1, 0.15) is 11.6 Å².